The number of carbonyl (C=O) groups excluding carboxylic acids is 1. The molecule has 0 spiro atoms. The molecule has 0 amide bonds. The molecule has 0 fully saturated rings. The lowest BCUT2D eigenvalue weighted by Crippen LogP contribution is -2.35. The van der Waals surface area contributed by atoms with E-state index >= 15 is 0 Å². The highest BCUT2D eigenvalue weighted by atomic mass is 16.5. The highest BCUT2D eigenvalue weighted by molar-refractivity contribution is 5.93. The van der Waals surface area contributed by atoms with Gasteiger partial charge < -0.3 is 9.47 Å². The number of hydrogen-bond acceptors (Lipinski definition) is 3. The summed E-state index contributed by atoms with van der Waals surface area (Å²) in [4.78, 5) is 12.1. The van der Waals surface area contributed by atoms with Gasteiger partial charge in [0.25, 0.3) is 5.82 Å². The zero-order valence-corrected chi connectivity index (χ0v) is 16.5. The standard InChI is InChI=1S/C22H27N2O3/c1-5-23-17(4)24(13-14-27-21-10-8-7-9-16(21)3)20-15-18(11-12-19(20)23)22(25)26-6-2/h7-12,15H,5-6,13-14H2,1-4H3/q+1. The summed E-state index contributed by atoms with van der Waals surface area (Å²) in [6.07, 6.45) is 0. The highest BCUT2D eigenvalue weighted by Crippen LogP contribution is 2.19. The molecule has 142 valence electrons. The Morgan fingerprint density at radius 1 is 1.11 bits per heavy atom. The van der Waals surface area contributed by atoms with Gasteiger partial charge in [-0.15, -0.1) is 0 Å². The van der Waals surface area contributed by atoms with Gasteiger partial charge in [-0.05, 0) is 44.5 Å². The lowest BCUT2D eigenvalue weighted by Gasteiger charge is -2.08. The molecule has 0 saturated heterocycles. The van der Waals surface area contributed by atoms with Crippen molar-refractivity contribution in [3.05, 3.63) is 59.4 Å². The van der Waals surface area contributed by atoms with E-state index in [0.717, 1.165) is 34.7 Å². The van der Waals surface area contributed by atoms with E-state index in [-0.39, 0.29) is 5.97 Å². The molecule has 5 nitrogen and oxygen atoms in total. The molecule has 3 aromatic rings. The number of aryl methyl sites for hydroxylation is 2. The van der Waals surface area contributed by atoms with Crippen molar-refractivity contribution in [2.75, 3.05) is 13.2 Å². The van der Waals surface area contributed by atoms with Gasteiger partial charge in [-0.2, -0.15) is 0 Å². The summed E-state index contributed by atoms with van der Waals surface area (Å²) < 4.78 is 15.6. The highest BCUT2D eigenvalue weighted by Gasteiger charge is 2.22. The first-order chi connectivity index (χ1) is 13.1. The third-order valence-electron chi connectivity index (χ3n) is 4.83. The van der Waals surface area contributed by atoms with Crippen molar-refractivity contribution in [2.45, 2.75) is 40.8 Å². The minimum atomic E-state index is -0.288. The van der Waals surface area contributed by atoms with E-state index in [4.69, 9.17) is 9.47 Å². The largest absolute Gasteiger partial charge is 0.489 e. The van der Waals surface area contributed by atoms with Crippen LogP contribution in [0.2, 0.25) is 0 Å². The predicted molar refractivity (Wildman–Crippen MR) is 105 cm³/mol. The zero-order chi connectivity index (χ0) is 19.4. The van der Waals surface area contributed by atoms with Gasteiger partial charge in [0, 0.05) is 13.0 Å². The van der Waals surface area contributed by atoms with Crippen molar-refractivity contribution in [3.8, 4) is 5.75 Å². The molecule has 5 heteroatoms. The van der Waals surface area contributed by atoms with Crippen molar-refractivity contribution in [3.63, 3.8) is 0 Å². The maximum absolute atomic E-state index is 12.1. The molecule has 1 heterocycles. The van der Waals surface area contributed by atoms with Gasteiger partial charge in [0.05, 0.1) is 18.7 Å². The Balaban J connectivity index is 1.90. The number of imidazole rings is 1. The molecule has 0 atom stereocenters. The van der Waals surface area contributed by atoms with E-state index < -0.39 is 0 Å². The van der Waals surface area contributed by atoms with Gasteiger partial charge in [0.2, 0.25) is 0 Å². The van der Waals surface area contributed by atoms with Crippen LogP contribution in [-0.2, 0) is 17.8 Å². The third kappa shape index (κ3) is 3.82. The number of nitrogens with zero attached hydrogens (tertiary/aromatic N) is 2. The molecular formula is C22H27N2O3+. The normalized spacial score (nSPS) is 11.0. The molecule has 2 aromatic carbocycles. The van der Waals surface area contributed by atoms with Gasteiger partial charge in [-0.3, -0.25) is 0 Å². The van der Waals surface area contributed by atoms with Crippen LogP contribution in [0, 0.1) is 13.8 Å². The van der Waals surface area contributed by atoms with Gasteiger partial charge in [-0.1, -0.05) is 18.2 Å². The molecule has 0 unspecified atom stereocenters. The Bertz CT molecular complexity index is 960. The van der Waals surface area contributed by atoms with Crippen LogP contribution in [0.4, 0.5) is 0 Å². The molecule has 1 aromatic heterocycles. The second-order valence-corrected chi connectivity index (χ2v) is 6.48. The maximum atomic E-state index is 12.1. The first kappa shape index (κ1) is 19.0. The van der Waals surface area contributed by atoms with Gasteiger partial charge in [0.1, 0.15) is 18.9 Å². The Morgan fingerprint density at radius 3 is 2.59 bits per heavy atom. The third-order valence-corrected chi connectivity index (χ3v) is 4.83. The van der Waals surface area contributed by atoms with E-state index in [2.05, 4.69) is 23.0 Å². The maximum Gasteiger partial charge on any atom is 0.338 e. The molecule has 27 heavy (non-hydrogen) atoms. The Labute approximate surface area is 160 Å². The second-order valence-electron chi connectivity index (χ2n) is 6.48. The first-order valence-corrected chi connectivity index (χ1v) is 9.45. The number of carbonyl (C=O) groups is 1. The first-order valence-electron chi connectivity index (χ1n) is 9.45. The zero-order valence-electron chi connectivity index (χ0n) is 16.5. The summed E-state index contributed by atoms with van der Waals surface area (Å²) in [6, 6.07) is 13.8. The van der Waals surface area contributed by atoms with E-state index in [0.29, 0.717) is 25.3 Å². The van der Waals surface area contributed by atoms with Crippen molar-refractivity contribution in [1.29, 1.82) is 0 Å². The second kappa shape index (κ2) is 8.25. The quantitative estimate of drug-likeness (QED) is 0.471. The molecule has 0 bridgehead atoms. The number of aromatic nitrogens is 2. The van der Waals surface area contributed by atoms with Crippen molar-refractivity contribution < 1.29 is 18.8 Å². The van der Waals surface area contributed by atoms with E-state index in [1.54, 1.807) is 0 Å². The van der Waals surface area contributed by atoms with Gasteiger partial charge in [0.15, 0.2) is 11.0 Å². The summed E-state index contributed by atoms with van der Waals surface area (Å²) in [5.74, 6) is 1.76. The van der Waals surface area contributed by atoms with Crippen molar-refractivity contribution in [2.24, 2.45) is 0 Å². The molecule has 0 N–H and O–H groups in total. The molecule has 0 aliphatic rings. The molecule has 0 aliphatic carbocycles. The molecule has 0 saturated carbocycles. The Morgan fingerprint density at radius 2 is 1.89 bits per heavy atom. The molecule has 3 rings (SSSR count). The van der Waals surface area contributed by atoms with Crippen LogP contribution in [-0.4, -0.2) is 23.8 Å². The van der Waals surface area contributed by atoms with Gasteiger partial charge >= 0.3 is 5.97 Å². The number of fused-ring (bicyclic) bond motifs is 1. The van der Waals surface area contributed by atoms with Gasteiger partial charge in [-0.25, -0.2) is 13.9 Å². The summed E-state index contributed by atoms with van der Waals surface area (Å²) in [5.41, 5.74) is 3.83. The van der Waals surface area contributed by atoms with Crippen LogP contribution in [0.1, 0.15) is 35.6 Å². The summed E-state index contributed by atoms with van der Waals surface area (Å²) in [5, 5.41) is 0. The number of esters is 1. The van der Waals surface area contributed by atoms with Crippen LogP contribution in [0.15, 0.2) is 42.5 Å². The smallest absolute Gasteiger partial charge is 0.338 e. The van der Waals surface area contributed by atoms with Crippen LogP contribution in [0.25, 0.3) is 11.0 Å². The lowest BCUT2D eigenvalue weighted by molar-refractivity contribution is -0.675. The Hall–Kier alpha value is -2.82. The average Bonchev–Trinajstić information content (AvgIpc) is 2.94. The summed E-state index contributed by atoms with van der Waals surface area (Å²) in [6.45, 7) is 10.6. The Kier molecular flexibility index (Phi) is 5.79. The van der Waals surface area contributed by atoms with Crippen LogP contribution in [0.3, 0.4) is 0 Å². The van der Waals surface area contributed by atoms with Crippen molar-refractivity contribution in [1.82, 2.24) is 4.57 Å². The molecule has 0 aliphatic heterocycles. The number of hydrogen-bond donors (Lipinski definition) is 0. The fourth-order valence-corrected chi connectivity index (χ4v) is 3.45. The monoisotopic (exact) mass is 367 g/mol. The topological polar surface area (TPSA) is 44.3 Å². The molecule has 0 radical (unpaired) electrons. The minimum Gasteiger partial charge on any atom is -0.489 e. The fourth-order valence-electron chi connectivity index (χ4n) is 3.45. The fraction of sp³-hybridized carbons (Fsp3) is 0.364. The lowest BCUT2D eigenvalue weighted by atomic mass is 10.2. The van der Waals surface area contributed by atoms with E-state index in [1.807, 2.05) is 56.3 Å². The average molecular weight is 367 g/mol. The summed E-state index contributed by atoms with van der Waals surface area (Å²) >= 11 is 0. The van der Waals surface area contributed by atoms with E-state index in [9.17, 15) is 4.79 Å². The molecular weight excluding hydrogens is 340 g/mol. The number of ether oxygens (including phenoxy) is 2. The minimum absolute atomic E-state index is 0.288. The number of para-hydroxylation sites is 1. The van der Waals surface area contributed by atoms with Crippen molar-refractivity contribution >= 4 is 17.0 Å². The van der Waals surface area contributed by atoms with Crippen LogP contribution >= 0.6 is 0 Å². The van der Waals surface area contributed by atoms with E-state index in [1.165, 1.54) is 0 Å². The van der Waals surface area contributed by atoms with Crippen LogP contribution in [0.5, 0.6) is 5.75 Å². The predicted octanol–water partition coefficient (Wildman–Crippen LogP) is 3.82. The number of rotatable bonds is 7. The SMILES string of the molecule is CCOC(=O)c1ccc2c(c1)n(CCOc1ccccc1C)c(C)[n+]2CC. The number of benzene rings is 2. The summed E-state index contributed by atoms with van der Waals surface area (Å²) in [7, 11) is 0. The van der Waals surface area contributed by atoms with Crippen LogP contribution < -0.4 is 9.30 Å².